The molecule has 0 bridgehead atoms. The SMILES string of the molecule is CCOc1ccc(-c2nn(-c3ccccc3)cc2C=c2sc3nc(-c4ccco4)nn3c2=O)cc1F. The number of para-hydroxylation sites is 1. The molecule has 6 aromatic rings. The molecule has 0 radical (unpaired) electrons. The molecule has 0 fully saturated rings. The van der Waals surface area contributed by atoms with Gasteiger partial charge in [-0.3, -0.25) is 4.79 Å². The molecule has 36 heavy (non-hydrogen) atoms. The van der Waals surface area contributed by atoms with E-state index in [9.17, 15) is 9.18 Å². The molecule has 0 spiro atoms. The van der Waals surface area contributed by atoms with Crippen molar-refractivity contribution < 1.29 is 13.5 Å². The molecule has 0 aliphatic rings. The summed E-state index contributed by atoms with van der Waals surface area (Å²) in [4.78, 5) is 18.0. The molecule has 4 heterocycles. The Balaban J connectivity index is 1.49. The standard InChI is InChI=1S/C26H18FN5O3S/c1-2-34-20-11-10-16(13-19(20)27)23-17(15-31(29-23)18-7-4-3-5-8-18)14-22-25(33)32-26(36-22)28-24(30-32)21-9-6-12-35-21/h3-15H,2H2,1H3. The van der Waals surface area contributed by atoms with Gasteiger partial charge in [-0.15, -0.1) is 5.10 Å². The Kier molecular flexibility index (Phi) is 5.42. The number of fused-ring (bicyclic) bond motifs is 1. The van der Waals surface area contributed by atoms with Crippen LogP contribution in [-0.4, -0.2) is 31.0 Å². The van der Waals surface area contributed by atoms with Gasteiger partial charge >= 0.3 is 0 Å². The second-order valence-corrected chi connectivity index (χ2v) is 8.82. The number of aromatic nitrogens is 5. The van der Waals surface area contributed by atoms with E-state index in [0.717, 1.165) is 5.69 Å². The van der Waals surface area contributed by atoms with Crippen LogP contribution in [0.25, 0.3) is 39.6 Å². The fourth-order valence-corrected chi connectivity index (χ4v) is 4.73. The summed E-state index contributed by atoms with van der Waals surface area (Å²) in [5, 5.41) is 9.01. The topological polar surface area (TPSA) is 87.4 Å². The first-order valence-corrected chi connectivity index (χ1v) is 12.0. The van der Waals surface area contributed by atoms with Crippen molar-refractivity contribution in [1.82, 2.24) is 24.4 Å². The molecule has 4 aromatic heterocycles. The highest BCUT2D eigenvalue weighted by molar-refractivity contribution is 7.15. The van der Waals surface area contributed by atoms with Crippen LogP contribution in [0.5, 0.6) is 5.75 Å². The van der Waals surface area contributed by atoms with Gasteiger partial charge in [-0.05, 0) is 55.5 Å². The minimum atomic E-state index is -0.483. The molecule has 0 aliphatic heterocycles. The van der Waals surface area contributed by atoms with Crippen LogP contribution in [0, 0.1) is 5.82 Å². The Hall–Kier alpha value is -4.57. The summed E-state index contributed by atoms with van der Waals surface area (Å²) in [6, 6.07) is 17.7. The maximum absolute atomic E-state index is 14.7. The van der Waals surface area contributed by atoms with Crippen LogP contribution in [0.3, 0.4) is 0 Å². The van der Waals surface area contributed by atoms with E-state index in [4.69, 9.17) is 14.3 Å². The zero-order chi connectivity index (χ0) is 24.6. The predicted octanol–water partition coefficient (Wildman–Crippen LogP) is 4.35. The highest BCUT2D eigenvalue weighted by atomic mass is 32.1. The molecule has 0 N–H and O–H groups in total. The lowest BCUT2D eigenvalue weighted by molar-refractivity contribution is 0.321. The highest BCUT2D eigenvalue weighted by Gasteiger charge is 2.17. The minimum absolute atomic E-state index is 0.175. The number of halogens is 1. The lowest BCUT2D eigenvalue weighted by Crippen LogP contribution is -2.23. The number of hydrogen-bond donors (Lipinski definition) is 0. The largest absolute Gasteiger partial charge is 0.491 e. The lowest BCUT2D eigenvalue weighted by Gasteiger charge is -2.06. The molecule has 10 heteroatoms. The van der Waals surface area contributed by atoms with Crippen LogP contribution in [0.4, 0.5) is 4.39 Å². The molecule has 178 valence electrons. The van der Waals surface area contributed by atoms with Crippen molar-refractivity contribution in [3.8, 4) is 34.3 Å². The third-order valence-electron chi connectivity index (χ3n) is 5.48. The van der Waals surface area contributed by atoms with Crippen molar-refractivity contribution in [2.45, 2.75) is 6.92 Å². The molecule has 0 unspecified atom stereocenters. The lowest BCUT2D eigenvalue weighted by atomic mass is 10.1. The van der Waals surface area contributed by atoms with Crippen LogP contribution < -0.4 is 14.8 Å². The second kappa shape index (κ2) is 8.90. The number of hydrogen-bond acceptors (Lipinski definition) is 7. The Morgan fingerprint density at radius 3 is 2.69 bits per heavy atom. The van der Waals surface area contributed by atoms with E-state index in [1.165, 1.54) is 28.2 Å². The number of ether oxygens (including phenoxy) is 1. The van der Waals surface area contributed by atoms with Crippen molar-refractivity contribution in [2.24, 2.45) is 0 Å². The van der Waals surface area contributed by atoms with E-state index in [0.29, 0.717) is 44.5 Å². The quantitative estimate of drug-likeness (QED) is 0.339. The van der Waals surface area contributed by atoms with Gasteiger partial charge in [-0.25, -0.2) is 9.07 Å². The van der Waals surface area contributed by atoms with Crippen molar-refractivity contribution in [2.75, 3.05) is 6.61 Å². The summed E-state index contributed by atoms with van der Waals surface area (Å²) < 4.78 is 28.7. The zero-order valence-electron chi connectivity index (χ0n) is 19.0. The molecule has 0 atom stereocenters. The van der Waals surface area contributed by atoms with Gasteiger partial charge < -0.3 is 9.15 Å². The number of furan rings is 1. The fraction of sp³-hybridized carbons (Fsp3) is 0.0769. The average Bonchev–Trinajstić information content (AvgIpc) is 3.68. The second-order valence-electron chi connectivity index (χ2n) is 7.81. The van der Waals surface area contributed by atoms with E-state index in [1.807, 2.05) is 36.5 Å². The zero-order valence-corrected chi connectivity index (χ0v) is 19.8. The Morgan fingerprint density at radius 1 is 1.11 bits per heavy atom. The Bertz CT molecular complexity index is 1790. The number of rotatable bonds is 6. The third kappa shape index (κ3) is 3.87. The van der Waals surface area contributed by atoms with Gasteiger partial charge in [0.1, 0.15) is 5.69 Å². The summed E-state index contributed by atoms with van der Waals surface area (Å²) in [5.74, 6) is 0.523. The highest BCUT2D eigenvalue weighted by Crippen LogP contribution is 2.28. The monoisotopic (exact) mass is 499 g/mol. The van der Waals surface area contributed by atoms with Crippen LogP contribution in [0.15, 0.2) is 82.3 Å². The number of thiazole rings is 1. The molecule has 2 aromatic carbocycles. The van der Waals surface area contributed by atoms with Gasteiger partial charge in [-0.1, -0.05) is 29.5 Å². The average molecular weight is 500 g/mol. The fourth-order valence-electron chi connectivity index (χ4n) is 3.84. The first-order valence-electron chi connectivity index (χ1n) is 11.1. The normalized spacial score (nSPS) is 12.0. The van der Waals surface area contributed by atoms with Crippen molar-refractivity contribution >= 4 is 22.4 Å². The summed E-state index contributed by atoms with van der Waals surface area (Å²) in [6.45, 7) is 2.16. The van der Waals surface area contributed by atoms with E-state index in [1.54, 1.807) is 41.9 Å². The summed E-state index contributed by atoms with van der Waals surface area (Å²) in [7, 11) is 0. The summed E-state index contributed by atoms with van der Waals surface area (Å²) in [6.07, 6.45) is 5.06. The van der Waals surface area contributed by atoms with Gasteiger partial charge in [0.2, 0.25) is 10.8 Å². The van der Waals surface area contributed by atoms with Crippen LogP contribution in [0.2, 0.25) is 0 Å². The molecule has 6 rings (SSSR count). The maximum Gasteiger partial charge on any atom is 0.291 e. The van der Waals surface area contributed by atoms with Crippen LogP contribution in [-0.2, 0) is 0 Å². The first kappa shape index (κ1) is 21.9. The van der Waals surface area contributed by atoms with E-state index in [2.05, 4.69) is 10.1 Å². The van der Waals surface area contributed by atoms with Gasteiger partial charge in [0, 0.05) is 17.3 Å². The van der Waals surface area contributed by atoms with Gasteiger partial charge in [0.05, 0.1) is 23.1 Å². The minimum Gasteiger partial charge on any atom is -0.491 e. The third-order valence-corrected chi connectivity index (χ3v) is 6.44. The molecule has 0 aliphatic carbocycles. The van der Waals surface area contributed by atoms with Gasteiger partial charge in [-0.2, -0.15) is 14.6 Å². The first-order chi connectivity index (χ1) is 17.6. The Labute approximate surface area is 207 Å². The van der Waals surface area contributed by atoms with Crippen molar-refractivity contribution in [3.63, 3.8) is 0 Å². The van der Waals surface area contributed by atoms with Gasteiger partial charge in [0.25, 0.3) is 5.56 Å². The van der Waals surface area contributed by atoms with E-state index in [-0.39, 0.29) is 11.3 Å². The molecule has 8 nitrogen and oxygen atoms in total. The number of benzene rings is 2. The van der Waals surface area contributed by atoms with Crippen molar-refractivity contribution in [3.05, 3.63) is 99.4 Å². The summed E-state index contributed by atoms with van der Waals surface area (Å²) >= 11 is 1.21. The van der Waals surface area contributed by atoms with Crippen LogP contribution in [0.1, 0.15) is 12.5 Å². The molecule has 0 saturated heterocycles. The van der Waals surface area contributed by atoms with E-state index >= 15 is 0 Å². The van der Waals surface area contributed by atoms with E-state index < -0.39 is 5.82 Å². The van der Waals surface area contributed by atoms with Gasteiger partial charge in [0.15, 0.2) is 17.3 Å². The van der Waals surface area contributed by atoms with Crippen molar-refractivity contribution in [1.29, 1.82) is 0 Å². The van der Waals surface area contributed by atoms with Crippen LogP contribution >= 0.6 is 11.3 Å². The Morgan fingerprint density at radius 2 is 1.97 bits per heavy atom. The summed E-state index contributed by atoms with van der Waals surface area (Å²) in [5.41, 5.74) is 2.25. The molecular weight excluding hydrogens is 481 g/mol. The number of nitrogens with zero attached hydrogens (tertiary/aromatic N) is 5. The smallest absolute Gasteiger partial charge is 0.291 e. The molecular formula is C26H18FN5O3S. The maximum atomic E-state index is 14.7. The predicted molar refractivity (Wildman–Crippen MR) is 134 cm³/mol. The molecule has 0 amide bonds. The molecule has 0 saturated carbocycles.